The van der Waals surface area contributed by atoms with Crippen LogP contribution in [0.15, 0.2) is 54.6 Å². The maximum Gasteiger partial charge on any atom is 0.193 e. The van der Waals surface area contributed by atoms with Gasteiger partial charge in [-0.2, -0.15) is 0 Å². The molecule has 0 radical (unpaired) electrons. The lowest BCUT2D eigenvalue weighted by atomic mass is 9.78. The van der Waals surface area contributed by atoms with Gasteiger partial charge in [-0.25, -0.2) is 0 Å². The van der Waals surface area contributed by atoms with Crippen LogP contribution in [0.3, 0.4) is 0 Å². The largest absolute Gasteiger partial charge is 0.289 e. The van der Waals surface area contributed by atoms with Gasteiger partial charge >= 0.3 is 0 Å². The Morgan fingerprint density at radius 3 is 1.96 bits per heavy atom. The SMILES string of the molecule is Cc1ccc2c(c1)C(=O)c1cc3c(cc1C2)Cc1ccccc1C3=O. The molecule has 120 valence electrons. The van der Waals surface area contributed by atoms with Crippen molar-refractivity contribution in [1.29, 1.82) is 0 Å². The van der Waals surface area contributed by atoms with E-state index in [1.807, 2.05) is 49.4 Å². The number of aryl methyl sites for hydroxylation is 1. The summed E-state index contributed by atoms with van der Waals surface area (Å²) in [6.45, 7) is 2.00. The summed E-state index contributed by atoms with van der Waals surface area (Å²) in [6.07, 6.45) is 1.50. The topological polar surface area (TPSA) is 34.1 Å². The normalized spacial score (nSPS) is 14.4. The highest BCUT2D eigenvalue weighted by Gasteiger charge is 2.29. The minimum Gasteiger partial charge on any atom is -0.289 e. The van der Waals surface area contributed by atoms with Crippen molar-refractivity contribution in [3.8, 4) is 0 Å². The molecule has 0 atom stereocenters. The second-order valence-corrected chi connectivity index (χ2v) is 7.00. The number of carbonyl (C=O) groups is 2. The number of fused-ring (bicyclic) bond motifs is 4. The van der Waals surface area contributed by atoms with Crippen LogP contribution >= 0.6 is 0 Å². The van der Waals surface area contributed by atoms with Crippen LogP contribution in [0.25, 0.3) is 0 Å². The van der Waals surface area contributed by atoms with E-state index in [-0.39, 0.29) is 11.6 Å². The molecule has 0 unspecified atom stereocenters. The van der Waals surface area contributed by atoms with Gasteiger partial charge < -0.3 is 0 Å². The van der Waals surface area contributed by atoms with Crippen LogP contribution in [0.1, 0.15) is 59.7 Å². The number of hydrogen-bond acceptors (Lipinski definition) is 2. The Kier molecular flexibility index (Phi) is 2.87. The Balaban J connectivity index is 1.68. The Hall–Kier alpha value is -3.00. The quantitative estimate of drug-likeness (QED) is 0.426. The smallest absolute Gasteiger partial charge is 0.193 e. The monoisotopic (exact) mass is 324 g/mol. The Labute approximate surface area is 146 Å². The third kappa shape index (κ3) is 2.04. The third-order valence-corrected chi connectivity index (χ3v) is 5.35. The average molecular weight is 324 g/mol. The van der Waals surface area contributed by atoms with Crippen LogP contribution in [0, 0.1) is 6.92 Å². The summed E-state index contributed by atoms with van der Waals surface area (Å²) in [4.78, 5) is 25.9. The molecule has 25 heavy (non-hydrogen) atoms. The number of rotatable bonds is 0. The molecule has 3 aromatic rings. The number of benzene rings is 3. The van der Waals surface area contributed by atoms with Gasteiger partial charge in [-0.15, -0.1) is 0 Å². The highest BCUT2D eigenvalue weighted by atomic mass is 16.1. The fourth-order valence-corrected chi connectivity index (χ4v) is 4.06. The van der Waals surface area contributed by atoms with Crippen molar-refractivity contribution >= 4 is 11.6 Å². The molecule has 0 N–H and O–H groups in total. The standard InChI is InChI=1S/C23H16O2/c1-13-6-7-15-10-17-11-16-9-14-4-2-3-5-18(14)22(24)20(16)12-21(17)23(25)19(15)8-13/h2-8,11-12H,9-10H2,1H3. The van der Waals surface area contributed by atoms with E-state index in [0.29, 0.717) is 11.1 Å². The zero-order chi connectivity index (χ0) is 17.1. The van der Waals surface area contributed by atoms with Crippen molar-refractivity contribution in [2.75, 3.05) is 0 Å². The van der Waals surface area contributed by atoms with Crippen LogP contribution < -0.4 is 0 Å². The van der Waals surface area contributed by atoms with Crippen LogP contribution in [-0.2, 0) is 12.8 Å². The molecule has 0 saturated heterocycles. The van der Waals surface area contributed by atoms with E-state index in [9.17, 15) is 9.59 Å². The van der Waals surface area contributed by atoms with Gasteiger partial charge in [-0.1, -0.05) is 48.0 Å². The third-order valence-electron chi connectivity index (χ3n) is 5.35. The summed E-state index contributed by atoms with van der Waals surface area (Å²) in [5.74, 6) is 0.0666. The van der Waals surface area contributed by atoms with E-state index >= 15 is 0 Å². The van der Waals surface area contributed by atoms with Gasteiger partial charge in [0.2, 0.25) is 0 Å². The van der Waals surface area contributed by atoms with Crippen molar-refractivity contribution in [3.05, 3.63) is 105 Å². The van der Waals surface area contributed by atoms with E-state index in [2.05, 4.69) is 12.1 Å². The summed E-state index contributed by atoms with van der Waals surface area (Å²) in [7, 11) is 0. The molecule has 5 rings (SSSR count). The predicted octanol–water partition coefficient (Wildman–Crippen LogP) is 4.27. The van der Waals surface area contributed by atoms with E-state index in [1.54, 1.807) is 0 Å². The van der Waals surface area contributed by atoms with Crippen LogP contribution in [0.2, 0.25) is 0 Å². The van der Waals surface area contributed by atoms with Gasteiger partial charge in [-0.3, -0.25) is 9.59 Å². The second-order valence-electron chi connectivity index (χ2n) is 7.00. The van der Waals surface area contributed by atoms with Gasteiger partial charge in [0.1, 0.15) is 0 Å². The summed E-state index contributed by atoms with van der Waals surface area (Å²) in [5, 5.41) is 0. The molecule has 0 heterocycles. The van der Waals surface area contributed by atoms with Gasteiger partial charge in [0.15, 0.2) is 11.6 Å². The lowest BCUT2D eigenvalue weighted by Gasteiger charge is -2.24. The van der Waals surface area contributed by atoms with Crippen LogP contribution in [0.5, 0.6) is 0 Å². The zero-order valence-corrected chi connectivity index (χ0v) is 13.9. The van der Waals surface area contributed by atoms with Gasteiger partial charge in [-0.05, 0) is 54.2 Å². The molecule has 0 fully saturated rings. The Morgan fingerprint density at radius 1 is 0.600 bits per heavy atom. The van der Waals surface area contributed by atoms with E-state index in [0.717, 1.165) is 51.8 Å². The number of hydrogen-bond donors (Lipinski definition) is 0. The van der Waals surface area contributed by atoms with Crippen molar-refractivity contribution < 1.29 is 9.59 Å². The van der Waals surface area contributed by atoms with E-state index in [1.165, 1.54) is 0 Å². The summed E-state index contributed by atoms with van der Waals surface area (Å²) < 4.78 is 0. The molecule has 2 nitrogen and oxygen atoms in total. The Bertz CT molecular complexity index is 1090. The first-order valence-corrected chi connectivity index (χ1v) is 8.54. The van der Waals surface area contributed by atoms with E-state index in [4.69, 9.17) is 0 Å². The molecule has 2 heteroatoms. The molecule has 0 aliphatic heterocycles. The fourth-order valence-electron chi connectivity index (χ4n) is 4.06. The first kappa shape index (κ1) is 14.4. The summed E-state index contributed by atoms with van der Waals surface area (Å²) >= 11 is 0. The van der Waals surface area contributed by atoms with Crippen molar-refractivity contribution in [2.45, 2.75) is 19.8 Å². The highest BCUT2D eigenvalue weighted by Crippen LogP contribution is 2.34. The van der Waals surface area contributed by atoms with Crippen molar-refractivity contribution in [3.63, 3.8) is 0 Å². The van der Waals surface area contributed by atoms with Gasteiger partial charge in [0, 0.05) is 22.3 Å². The van der Waals surface area contributed by atoms with Gasteiger partial charge in [0.05, 0.1) is 0 Å². The average Bonchev–Trinajstić information content (AvgIpc) is 2.62. The lowest BCUT2D eigenvalue weighted by molar-refractivity contribution is 0.103. The predicted molar refractivity (Wildman–Crippen MR) is 96.5 cm³/mol. The van der Waals surface area contributed by atoms with Crippen molar-refractivity contribution in [1.82, 2.24) is 0 Å². The highest BCUT2D eigenvalue weighted by molar-refractivity contribution is 6.17. The summed E-state index contributed by atoms with van der Waals surface area (Å²) in [5.41, 5.74) is 8.19. The fraction of sp³-hybridized carbons (Fsp3) is 0.130. The molecule has 0 bridgehead atoms. The molecule has 0 saturated carbocycles. The molecule has 0 amide bonds. The molecule has 0 spiro atoms. The molecule has 3 aromatic carbocycles. The molecule has 0 aromatic heterocycles. The van der Waals surface area contributed by atoms with Gasteiger partial charge in [0.25, 0.3) is 0 Å². The minimum atomic E-state index is 0.0301. The van der Waals surface area contributed by atoms with E-state index < -0.39 is 0 Å². The lowest BCUT2D eigenvalue weighted by Crippen LogP contribution is -2.20. The molecular formula is C23H16O2. The van der Waals surface area contributed by atoms with Crippen molar-refractivity contribution in [2.24, 2.45) is 0 Å². The molecule has 2 aliphatic carbocycles. The molecular weight excluding hydrogens is 308 g/mol. The number of carbonyl (C=O) groups excluding carboxylic acids is 2. The minimum absolute atomic E-state index is 0.0301. The Morgan fingerprint density at radius 2 is 1.20 bits per heavy atom. The van der Waals surface area contributed by atoms with Crippen LogP contribution in [0.4, 0.5) is 0 Å². The summed E-state index contributed by atoms with van der Waals surface area (Å²) in [6, 6.07) is 17.7. The zero-order valence-electron chi connectivity index (χ0n) is 13.9. The first-order valence-electron chi connectivity index (χ1n) is 8.54. The first-order chi connectivity index (χ1) is 12.1. The van der Waals surface area contributed by atoms with Crippen LogP contribution in [-0.4, -0.2) is 11.6 Å². The maximum atomic E-state index is 13.0. The number of ketones is 2. The molecule has 2 aliphatic rings. The second kappa shape index (κ2) is 5.00. The maximum absolute atomic E-state index is 13.0.